The first kappa shape index (κ1) is 12.9. The van der Waals surface area contributed by atoms with E-state index in [0.29, 0.717) is 11.4 Å². The summed E-state index contributed by atoms with van der Waals surface area (Å²) in [5.74, 6) is 0.591. The van der Waals surface area contributed by atoms with Crippen molar-refractivity contribution in [2.24, 2.45) is 0 Å². The van der Waals surface area contributed by atoms with Gasteiger partial charge in [0.1, 0.15) is 17.5 Å². The van der Waals surface area contributed by atoms with E-state index < -0.39 is 6.10 Å². The van der Waals surface area contributed by atoms with E-state index in [0.717, 1.165) is 12.8 Å². The fourth-order valence-corrected chi connectivity index (χ4v) is 1.66. The van der Waals surface area contributed by atoms with Crippen LogP contribution in [0.15, 0.2) is 18.3 Å². The molecule has 0 fully saturated rings. The lowest BCUT2D eigenvalue weighted by Gasteiger charge is -2.21. The zero-order valence-electron chi connectivity index (χ0n) is 10.0. The first-order valence-corrected chi connectivity index (χ1v) is 5.44. The van der Waals surface area contributed by atoms with Gasteiger partial charge in [0.2, 0.25) is 0 Å². The third-order valence-corrected chi connectivity index (χ3v) is 2.53. The second kappa shape index (κ2) is 6.45. The van der Waals surface area contributed by atoms with E-state index in [1.807, 2.05) is 6.92 Å². The zero-order chi connectivity index (χ0) is 12.0. The highest BCUT2D eigenvalue weighted by molar-refractivity contribution is 5.29. The van der Waals surface area contributed by atoms with Crippen LogP contribution in [-0.2, 0) is 4.74 Å². The lowest BCUT2D eigenvalue weighted by Crippen LogP contribution is -2.22. The molecule has 2 unspecified atom stereocenters. The number of aliphatic hydroxyl groups is 1. The van der Waals surface area contributed by atoms with Crippen LogP contribution in [0.5, 0.6) is 5.75 Å². The number of methoxy groups -OCH3 is 2. The Bertz CT molecular complexity index is 317. The molecule has 1 aromatic rings. The molecule has 1 N–H and O–H groups in total. The molecule has 4 nitrogen and oxygen atoms in total. The summed E-state index contributed by atoms with van der Waals surface area (Å²) in [6, 6.07) is 3.56. The maximum absolute atomic E-state index is 10.2. The van der Waals surface area contributed by atoms with Crippen molar-refractivity contribution in [2.45, 2.75) is 32.0 Å². The molecule has 2 atom stereocenters. The number of aliphatic hydroxyl groups excluding tert-OH is 1. The summed E-state index contributed by atoms with van der Waals surface area (Å²) in [6.45, 7) is 2.05. The largest absolute Gasteiger partial charge is 0.495 e. The van der Waals surface area contributed by atoms with Crippen molar-refractivity contribution in [2.75, 3.05) is 14.2 Å². The van der Waals surface area contributed by atoms with Crippen molar-refractivity contribution in [1.82, 2.24) is 4.98 Å². The van der Waals surface area contributed by atoms with E-state index in [2.05, 4.69) is 4.98 Å². The molecule has 4 heteroatoms. The summed E-state index contributed by atoms with van der Waals surface area (Å²) >= 11 is 0. The van der Waals surface area contributed by atoms with Crippen LogP contribution in [0.25, 0.3) is 0 Å². The number of pyridine rings is 1. The minimum absolute atomic E-state index is 0.242. The average molecular weight is 225 g/mol. The van der Waals surface area contributed by atoms with E-state index in [-0.39, 0.29) is 6.10 Å². The van der Waals surface area contributed by atoms with Gasteiger partial charge in [0.25, 0.3) is 0 Å². The van der Waals surface area contributed by atoms with E-state index >= 15 is 0 Å². The Balaban J connectivity index is 2.88. The van der Waals surface area contributed by atoms with Crippen molar-refractivity contribution < 1.29 is 14.6 Å². The zero-order valence-corrected chi connectivity index (χ0v) is 10.0. The Hall–Kier alpha value is -1.13. The minimum atomic E-state index is -0.749. The van der Waals surface area contributed by atoms with E-state index in [9.17, 15) is 5.11 Å². The van der Waals surface area contributed by atoms with Crippen LogP contribution in [0.4, 0.5) is 0 Å². The lowest BCUT2D eigenvalue weighted by atomic mass is 10.0. The molecule has 1 rings (SSSR count). The Kier molecular flexibility index (Phi) is 5.22. The summed E-state index contributed by atoms with van der Waals surface area (Å²) in [5, 5.41) is 10.2. The molecular formula is C12H19NO3. The lowest BCUT2D eigenvalue weighted by molar-refractivity contribution is -0.0210. The van der Waals surface area contributed by atoms with Gasteiger partial charge in [-0.25, -0.2) is 0 Å². The van der Waals surface area contributed by atoms with Crippen LogP contribution < -0.4 is 4.74 Å². The molecule has 0 aliphatic carbocycles. The first-order chi connectivity index (χ1) is 7.74. The molecule has 0 saturated carbocycles. The predicted octanol–water partition coefficient (Wildman–Crippen LogP) is 1.94. The summed E-state index contributed by atoms with van der Waals surface area (Å²) < 4.78 is 10.4. The van der Waals surface area contributed by atoms with Crippen molar-refractivity contribution in [3.63, 3.8) is 0 Å². The molecule has 0 aromatic carbocycles. The van der Waals surface area contributed by atoms with E-state index in [1.54, 1.807) is 32.5 Å². The molecular weight excluding hydrogens is 206 g/mol. The molecule has 1 aromatic heterocycles. The first-order valence-electron chi connectivity index (χ1n) is 5.44. The number of hydrogen-bond donors (Lipinski definition) is 1. The van der Waals surface area contributed by atoms with E-state index in [1.165, 1.54) is 0 Å². The summed E-state index contributed by atoms with van der Waals surface area (Å²) in [6.07, 6.45) is 2.39. The van der Waals surface area contributed by atoms with Crippen LogP contribution in [0.2, 0.25) is 0 Å². The standard InChI is InChI=1S/C12H19NO3/c1-4-6-10(16-3)12(14)11-9(15-2)7-5-8-13-11/h5,7-8,10,12,14H,4,6H2,1-3H3. The number of nitrogens with zero attached hydrogens (tertiary/aromatic N) is 1. The van der Waals surface area contributed by atoms with Crippen LogP contribution in [0.3, 0.4) is 0 Å². The smallest absolute Gasteiger partial charge is 0.143 e. The normalized spacial score (nSPS) is 14.5. The van der Waals surface area contributed by atoms with E-state index in [4.69, 9.17) is 9.47 Å². The predicted molar refractivity (Wildman–Crippen MR) is 61.5 cm³/mol. The summed E-state index contributed by atoms with van der Waals surface area (Å²) in [4.78, 5) is 4.15. The molecule has 0 radical (unpaired) electrons. The fourth-order valence-electron chi connectivity index (χ4n) is 1.66. The summed E-state index contributed by atoms with van der Waals surface area (Å²) in [5.41, 5.74) is 0.533. The van der Waals surface area contributed by atoms with Gasteiger partial charge in [0.15, 0.2) is 0 Å². The highest BCUT2D eigenvalue weighted by atomic mass is 16.5. The van der Waals surface area contributed by atoms with Gasteiger partial charge in [-0.15, -0.1) is 0 Å². The molecule has 0 aliphatic rings. The van der Waals surface area contributed by atoms with Gasteiger partial charge < -0.3 is 14.6 Å². The molecule has 0 spiro atoms. The maximum Gasteiger partial charge on any atom is 0.143 e. The average Bonchev–Trinajstić information content (AvgIpc) is 2.35. The van der Waals surface area contributed by atoms with Crippen LogP contribution in [0, 0.1) is 0 Å². The maximum atomic E-state index is 10.2. The van der Waals surface area contributed by atoms with Gasteiger partial charge in [0.05, 0.1) is 13.2 Å². The van der Waals surface area contributed by atoms with Crippen molar-refractivity contribution >= 4 is 0 Å². The number of hydrogen-bond acceptors (Lipinski definition) is 4. The molecule has 0 saturated heterocycles. The van der Waals surface area contributed by atoms with Gasteiger partial charge in [-0.1, -0.05) is 13.3 Å². The minimum Gasteiger partial charge on any atom is -0.495 e. The summed E-state index contributed by atoms with van der Waals surface area (Å²) in [7, 11) is 3.16. The topological polar surface area (TPSA) is 51.6 Å². The third kappa shape index (κ3) is 2.93. The number of ether oxygens (including phenoxy) is 2. The number of aromatic nitrogens is 1. The molecule has 0 bridgehead atoms. The highest BCUT2D eigenvalue weighted by Crippen LogP contribution is 2.27. The van der Waals surface area contributed by atoms with Crippen molar-refractivity contribution in [1.29, 1.82) is 0 Å². The van der Waals surface area contributed by atoms with Crippen LogP contribution >= 0.6 is 0 Å². The highest BCUT2D eigenvalue weighted by Gasteiger charge is 2.23. The van der Waals surface area contributed by atoms with Crippen LogP contribution in [0.1, 0.15) is 31.6 Å². The molecule has 90 valence electrons. The van der Waals surface area contributed by atoms with Crippen molar-refractivity contribution in [3.05, 3.63) is 24.0 Å². The second-order valence-corrected chi connectivity index (χ2v) is 3.60. The number of rotatable bonds is 6. The molecule has 0 aliphatic heterocycles. The second-order valence-electron chi connectivity index (χ2n) is 3.60. The Morgan fingerprint density at radius 3 is 2.75 bits per heavy atom. The van der Waals surface area contributed by atoms with Gasteiger partial charge >= 0.3 is 0 Å². The SMILES string of the molecule is CCCC(OC)C(O)c1ncccc1OC. The Labute approximate surface area is 96.2 Å². The van der Waals surface area contributed by atoms with Gasteiger partial charge in [-0.2, -0.15) is 0 Å². The quantitative estimate of drug-likeness (QED) is 0.803. The van der Waals surface area contributed by atoms with Crippen LogP contribution in [-0.4, -0.2) is 30.4 Å². The Morgan fingerprint density at radius 2 is 2.19 bits per heavy atom. The third-order valence-electron chi connectivity index (χ3n) is 2.53. The molecule has 0 amide bonds. The van der Waals surface area contributed by atoms with Gasteiger partial charge in [-0.3, -0.25) is 4.98 Å². The van der Waals surface area contributed by atoms with Gasteiger partial charge in [0, 0.05) is 13.3 Å². The molecule has 1 heterocycles. The fraction of sp³-hybridized carbons (Fsp3) is 0.583. The monoisotopic (exact) mass is 225 g/mol. The van der Waals surface area contributed by atoms with Gasteiger partial charge in [-0.05, 0) is 18.6 Å². The molecule has 16 heavy (non-hydrogen) atoms. The Morgan fingerprint density at radius 1 is 1.44 bits per heavy atom. The van der Waals surface area contributed by atoms with Crippen molar-refractivity contribution in [3.8, 4) is 5.75 Å².